The molecular formula is C61H117NO10. The average Bonchev–Trinajstić information content (AvgIpc) is 3.38. The Morgan fingerprint density at radius 2 is 0.833 bits per heavy atom. The molecule has 1 aliphatic heterocycles. The zero-order valence-corrected chi connectivity index (χ0v) is 46.7. The van der Waals surface area contributed by atoms with E-state index < -0.39 is 74.2 Å². The van der Waals surface area contributed by atoms with Crippen LogP contribution in [0.5, 0.6) is 0 Å². The molecule has 1 saturated heterocycles. The van der Waals surface area contributed by atoms with Gasteiger partial charge >= 0.3 is 0 Å². The number of unbranched alkanes of at least 4 members (excludes halogenated alkanes) is 37. The third-order valence-electron chi connectivity index (χ3n) is 15.0. The molecule has 0 radical (unpaired) electrons. The van der Waals surface area contributed by atoms with E-state index in [-0.39, 0.29) is 12.8 Å². The zero-order chi connectivity index (χ0) is 52.5. The molecule has 1 fully saturated rings. The molecule has 72 heavy (non-hydrogen) atoms. The van der Waals surface area contributed by atoms with E-state index in [4.69, 9.17) is 9.47 Å². The molecule has 0 aromatic heterocycles. The zero-order valence-electron chi connectivity index (χ0n) is 46.7. The third-order valence-corrected chi connectivity index (χ3v) is 15.0. The number of carbonyl (C=O) groups is 1. The van der Waals surface area contributed by atoms with Crippen LogP contribution in [0.25, 0.3) is 0 Å². The molecule has 0 saturated carbocycles. The number of nitrogens with one attached hydrogen (secondary N) is 1. The number of rotatable bonds is 53. The summed E-state index contributed by atoms with van der Waals surface area (Å²) in [6.07, 6.45) is 50.5. The highest BCUT2D eigenvalue weighted by Gasteiger charge is 2.44. The van der Waals surface area contributed by atoms with Crippen LogP contribution < -0.4 is 5.32 Å². The second-order valence-corrected chi connectivity index (χ2v) is 21.8. The molecule has 11 nitrogen and oxygen atoms in total. The van der Waals surface area contributed by atoms with Crippen LogP contribution in [0.1, 0.15) is 290 Å². The Labute approximate surface area is 442 Å². The fourth-order valence-corrected chi connectivity index (χ4v) is 9.95. The summed E-state index contributed by atoms with van der Waals surface area (Å²) < 4.78 is 11.1. The van der Waals surface area contributed by atoms with Gasteiger partial charge in [0.05, 0.1) is 25.4 Å². The second-order valence-electron chi connectivity index (χ2n) is 21.8. The first-order valence-electron chi connectivity index (χ1n) is 30.7. The first kappa shape index (κ1) is 68.6. The maximum absolute atomic E-state index is 13.1. The molecule has 0 aromatic rings. The summed E-state index contributed by atoms with van der Waals surface area (Å²) in [5, 5.41) is 75.5. The minimum atomic E-state index is -1.66. The Hall–Kier alpha value is -1.41. The van der Waals surface area contributed by atoms with Gasteiger partial charge in [-0.05, 0) is 57.8 Å². The summed E-state index contributed by atoms with van der Waals surface area (Å²) in [5.41, 5.74) is 0. The van der Waals surface area contributed by atoms with Gasteiger partial charge in [-0.3, -0.25) is 4.79 Å². The quantitative estimate of drug-likeness (QED) is 0.0215. The van der Waals surface area contributed by atoms with Crippen molar-refractivity contribution < 1.29 is 50.0 Å². The van der Waals surface area contributed by atoms with Gasteiger partial charge in [-0.15, -0.1) is 0 Å². The molecule has 426 valence electrons. The topological polar surface area (TPSA) is 189 Å². The van der Waals surface area contributed by atoms with Crippen LogP contribution in [0.3, 0.4) is 0 Å². The van der Waals surface area contributed by atoms with Gasteiger partial charge in [0.25, 0.3) is 0 Å². The molecule has 1 rings (SSSR count). The summed E-state index contributed by atoms with van der Waals surface area (Å²) in [7, 11) is 0. The highest BCUT2D eigenvalue weighted by Crippen LogP contribution is 2.23. The number of carbonyl (C=O) groups excluding carboxylic acids is 1. The Bertz CT molecular complexity index is 1220. The van der Waals surface area contributed by atoms with Crippen LogP contribution in [0.2, 0.25) is 0 Å². The van der Waals surface area contributed by atoms with Crippen LogP contribution in [0.15, 0.2) is 24.3 Å². The summed E-state index contributed by atoms with van der Waals surface area (Å²) in [5.74, 6) is -0.707. The molecule has 8 N–H and O–H groups in total. The molecule has 0 spiro atoms. The molecule has 0 aliphatic carbocycles. The minimum absolute atomic E-state index is 0.256. The van der Waals surface area contributed by atoms with E-state index in [1.165, 1.54) is 205 Å². The molecule has 1 heterocycles. The van der Waals surface area contributed by atoms with Crippen LogP contribution in [0.4, 0.5) is 0 Å². The molecule has 9 atom stereocenters. The van der Waals surface area contributed by atoms with Crippen molar-refractivity contribution in [2.45, 2.75) is 345 Å². The maximum Gasteiger partial charge on any atom is 0.249 e. The van der Waals surface area contributed by atoms with Crippen LogP contribution in [-0.2, 0) is 14.3 Å². The van der Waals surface area contributed by atoms with E-state index >= 15 is 0 Å². The smallest absolute Gasteiger partial charge is 0.249 e. The molecule has 9 unspecified atom stereocenters. The lowest BCUT2D eigenvalue weighted by Crippen LogP contribution is -2.60. The minimum Gasteiger partial charge on any atom is -0.394 e. The Morgan fingerprint density at radius 3 is 1.24 bits per heavy atom. The number of aliphatic hydroxyl groups excluding tert-OH is 7. The molecular weight excluding hydrogens is 907 g/mol. The first-order chi connectivity index (χ1) is 35.2. The standard InChI is InChI=1S/C61H117NO10/c1-3-5-7-9-11-12-13-14-15-16-17-18-19-20-21-22-23-24-25-26-27-28-29-30-31-32-33-34-35-36-37-38-39-40-41-43-45-47-49-54(65)60(70)62-52(56(66)53(64)48-46-44-42-10-8-6-4-2)51-71-61-59(69)58(68)57(67)55(50-63)72-61/h10,26-27,42,52-59,61,63-69H,3-9,11-25,28-41,43-51H2,1-2H3,(H,62,70)/b27-26-,42-10+. The summed E-state index contributed by atoms with van der Waals surface area (Å²) in [4.78, 5) is 13.1. The molecule has 1 amide bonds. The predicted octanol–water partition coefficient (Wildman–Crippen LogP) is 13.3. The fourth-order valence-electron chi connectivity index (χ4n) is 9.95. The van der Waals surface area contributed by atoms with Gasteiger partial charge in [-0.25, -0.2) is 0 Å². The van der Waals surface area contributed by atoms with Crippen molar-refractivity contribution in [3.63, 3.8) is 0 Å². The number of amides is 1. The van der Waals surface area contributed by atoms with Crippen molar-refractivity contribution in [2.24, 2.45) is 0 Å². The lowest BCUT2D eigenvalue weighted by atomic mass is 9.98. The van der Waals surface area contributed by atoms with Gasteiger partial charge in [0.2, 0.25) is 5.91 Å². The van der Waals surface area contributed by atoms with Gasteiger partial charge < -0.3 is 50.5 Å². The summed E-state index contributed by atoms with van der Waals surface area (Å²) >= 11 is 0. The van der Waals surface area contributed by atoms with E-state index in [0.29, 0.717) is 12.8 Å². The van der Waals surface area contributed by atoms with Crippen LogP contribution >= 0.6 is 0 Å². The molecule has 0 aromatic carbocycles. The Balaban J connectivity index is 2.04. The van der Waals surface area contributed by atoms with Crippen molar-refractivity contribution in [3.05, 3.63) is 24.3 Å². The SMILES string of the molecule is CCCC/C=C/CCCC(O)C(O)C(COC1OC(CO)C(O)C(O)C1O)NC(=O)C(O)CCCCCCCCCCCCCCCCCC/C=C\CCCCCCCCCCCCCCCCCCCC. The third kappa shape index (κ3) is 38.2. The number of hydrogen-bond acceptors (Lipinski definition) is 10. The van der Waals surface area contributed by atoms with E-state index in [1.54, 1.807) is 0 Å². The lowest BCUT2D eigenvalue weighted by molar-refractivity contribution is -0.303. The Kier molecular flexibility index (Phi) is 48.0. The van der Waals surface area contributed by atoms with Crippen molar-refractivity contribution in [2.75, 3.05) is 13.2 Å². The van der Waals surface area contributed by atoms with Crippen LogP contribution in [-0.4, -0.2) is 110 Å². The Morgan fingerprint density at radius 1 is 0.472 bits per heavy atom. The molecule has 11 heteroatoms. The number of allylic oxidation sites excluding steroid dienone is 4. The average molecular weight is 1020 g/mol. The highest BCUT2D eigenvalue weighted by molar-refractivity contribution is 5.80. The predicted molar refractivity (Wildman–Crippen MR) is 298 cm³/mol. The van der Waals surface area contributed by atoms with Gasteiger partial charge in [0.15, 0.2) is 6.29 Å². The number of aliphatic hydroxyl groups is 7. The van der Waals surface area contributed by atoms with Crippen molar-refractivity contribution >= 4 is 5.91 Å². The maximum atomic E-state index is 13.1. The van der Waals surface area contributed by atoms with E-state index in [2.05, 4.69) is 43.5 Å². The van der Waals surface area contributed by atoms with Crippen molar-refractivity contribution in [1.29, 1.82) is 0 Å². The van der Waals surface area contributed by atoms with E-state index in [1.807, 2.05) is 0 Å². The highest BCUT2D eigenvalue weighted by atomic mass is 16.7. The number of ether oxygens (including phenoxy) is 2. The largest absolute Gasteiger partial charge is 0.394 e. The van der Waals surface area contributed by atoms with E-state index in [9.17, 15) is 40.5 Å². The normalized spacial score (nSPS) is 20.2. The van der Waals surface area contributed by atoms with E-state index in [0.717, 1.165) is 44.9 Å². The molecule has 1 aliphatic rings. The summed E-state index contributed by atoms with van der Waals surface area (Å²) in [6, 6.07) is -1.18. The second kappa shape index (κ2) is 50.4. The van der Waals surface area contributed by atoms with Crippen LogP contribution in [0, 0.1) is 0 Å². The van der Waals surface area contributed by atoms with Crippen molar-refractivity contribution in [3.8, 4) is 0 Å². The first-order valence-corrected chi connectivity index (χ1v) is 30.7. The summed E-state index contributed by atoms with van der Waals surface area (Å²) in [6.45, 7) is 3.36. The van der Waals surface area contributed by atoms with Gasteiger partial charge in [-0.2, -0.15) is 0 Å². The number of hydrogen-bond donors (Lipinski definition) is 8. The lowest BCUT2D eigenvalue weighted by Gasteiger charge is -2.40. The molecule has 0 bridgehead atoms. The van der Waals surface area contributed by atoms with Gasteiger partial charge in [0, 0.05) is 0 Å². The fraction of sp³-hybridized carbons (Fsp3) is 0.918. The van der Waals surface area contributed by atoms with Crippen molar-refractivity contribution in [1.82, 2.24) is 5.32 Å². The van der Waals surface area contributed by atoms with Gasteiger partial charge in [0.1, 0.15) is 36.6 Å². The van der Waals surface area contributed by atoms with Gasteiger partial charge in [-0.1, -0.05) is 256 Å². The monoisotopic (exact) mass is 1020 g/mol.